The Morgan fingerprint density at radius 1 is 1.12 bits per heavy atom. The van der Waals surface area contributed by atoms with Crippen LogP contribution in [0.1, 0.15) is 72.3 Å². The van der Waals surface area contributed by atoms with Gasteiger partial charge in [0.2, 0.25) is 0 Å². The second-order valence-corrected chi connectivity index (χ2v) is 8.81. The highest BCUT2D eigenvalue weighted by Gasteiger charge is 2.28. The second-order valence-electron chi connectivity index (χ2n) is 8.81. The number of rotatable bonds is 4. The number of benzene rings is 1. The monoisotopic (exact) mass is 453 g/mol. The summed E-state index contributed by atoms with van der Waals surface area (Å²) in [6.45, 7) is 9.73. The van der Waals surface area contributed by atoms with Crippen LogP contribution in [0.15, 0.2) is 36.5 Å². The summed E-state index contributed by atoms with van der Waals surface area (Å²) in [4.78, 5) is 19.0. The number of aryl methyl sites for hydroxylation is 2. The van der Waals surface area contributed by atoms with Crippen molar-refractivity contribution in [3.8, 4) is 0 Å². The van der Waals surface area contributed by atoms with Gasteiger partial charge in [0.25, 0.3) is 5.91 Å². The number of fused-ring (bicyclic) bond motifs is 1. The van der Waals surface area contributed by atoms with Gasteiger partial charge in [-0.05, 0) is 92.6 Å². The highest BCUT2D eigenvalue weighted by atomic mass is 19.1. The summed E-state index contributed by atoms with van der Waals surface area (Å²) in [6.07, 6.45) is 10.7. The van der Waals surface area contributed by atoms with Gasteiger partial charge in [0.05, 0.1) is 6.54 Å². The molecule has 0 aliphatic carbocycles. The first kappa shape index (κ1) is 25.1. The highest BCUT2D eigenvalue weighted by Crippen LogP contribution is 2.29. The zero-order valence-corrected chi connectivity index (χ0v) is 20.1. The molecule has 6 heteroatoms. The molecule has 0 spiro atoms. The molecule has 2 aliphatic rings. The molecule has 0 unspecified atom stereocenters. The number of nitrogens with zero attached hydrogens (tertiary/aromatic N) is 3. The van der Waals surface area contributed by atoms with Crippen molar-refractivity contribution >= 4 is 11.5 Å². The zero-order chi connectivity index (χ0) is 23.8. The van der Waals surface area contributed by atoms with Crippen molar-refractivity contribution in [2.45, 2.75) is 59.3 Å². The van der Waals surface area contributed by atoms with Gasteiger partial charge in [-0.15, -0.1) is 0 Å². The van der Waals surface area contributed by atoms with Crippen molar-refractivity contribution in [3.05, 3.63) is 70.3 Å². The Morgan fingerprint density at radius 2 is 1.79 bits per heavy atom. The zero-order valence-electron chi connectivity index (χ0n) is 20.1. The van der Waals surface area contributed by atoms with Gasteiger partial charge in [0.1, 0.15) is 11.5 Å². The maximum absolute atomic E-state index is 12.2. The third kappa shape index (κ3) is 6.49. The van der Waals surface area contributed by atoms with Crippen LogP contribution in [-0.2, 0) is 12.8 Å². The number of amides is 1. The molecule has 1 aromatic heterocycles. The number of allylic oxidation sites excluding steroid dienone is 1. The van der Waals surface area contributed by atoms with Crippen LogP contribution in [0.25, 0.3) is 5.57 Å². The summed E-state index contributed by atoms with van der Waals surface area (Å²) in [5.74, 6) is -0.546. The van der Waals surface area contributed by atoms with Crippen LogP contribution in [0.3, 0.4) is 0 Å². The van der Waals surface area contributed by atoms with Crippen LogP contribution in [0, 0.1) is 12.7 Å². The third-order valence-corrected chi connectivity index (χ3v) is 6.46. The molecule has 1 aromatic carbocycles. The minimum Gasteiger partial charge on any atom is -0.299 e. The minimum atomic E-state index is -0.386. The summed E-state index contributed by atoms with van der Waals surface area (Å²) in [7, 11) is 0. The van der Waals surface area contributed by atoms with E-state index in [-0.39, 0.29) is 11.7 Å². The van der Waals surface area contributed by atoms with Crippen molar-refractivity contribution in [1.29, 1.82) is 0 Å². The lowest BCUT2D eigenvalue weighted by atomic mass is 9.90. The molecule has 33 heavy (non-hydrogen) atoms. The van der Waals surface area contributed by atoms with E-state index >= 15 is 0 Å². The van der Waals surface area contributed by atoms with E-state index in [9.17, 15) is 14.4 Å². The van der Waals surface area contributed by atoms with Crippen LogP contribution in [0.5, 0.6) is 0 Å². The Balaban J connectivity index is 0.000000286. The topological polar surface area (TPSA) is 56.7 Å². The van der Waals surface area contributed by atoms with Crippen molar-refractivity contribution in [3.63, 3.8) is 0 Å². The highest BCUT2D eigenvalue weighted by molar-refractivity contribution is 5.95. The molecule has 1 amide bonds. The van der Waals surface area contributed by atoms with Gasteiger partial charge >= 0.3 is 0 Å². The molecule has 2 aliphatic heterocycles. The number of carbonyl (C=O) groups excluding carboxylic acids is 1. The Labute approximate surface area is 196 Å². The number of hydrogen-bond acceptors (Lipinski definition) is 4. The third-order valence-electron chi connectivity index (χ3n) is 6.46. The number of halogens is 1. The van der Waals surface area contributed by atoms with E-state index in [0.717, 1.165) is 47.8 Å². The van der Waals surface area contributed by atoms with Gasteiger partial charge in [0.15, 0.2) is 0 Å². The van der Waals surface area contributed by atoms with Crippen LogP contribution >= 0.6 is 0 Å². The molecule has 1 N–H and O–H groups in total. The minimum absolute atomic E-state index is 0.160. The van der Waals surface area contributed by atoms with Gasteiger partial charge in [-0.25, -0.2) is 9.45 Å². The van der Waals surface area contributed by atoms with Gasteiger partial charge in [-0.1, -0.05) is 38.0 Å². The predicted octanol–water partition coefficient (Wildman–Crippen LogP) is 5.44. The molecular weight excluding hydrogens is 417 g/mol. The van der Waals surface area contributed by atoms with E-state index in [0.29, 0.717) is 18.7 Å². The Bertz CT molecular complexity index is 964. The van der Waals surface area contributed by atoms with E-state index < -0.39 is 0 Å². The molecule has 4 rings (SSSR count). The number of pyridine rings is 1. The fourth-order valence-electron chi connectivity index (χ4n) is 4.55. The number of carbonyl (C=O) groups is 1. The Morgan fingerprint density at radius 3 is 2.39 bits per heavy atom. The quantitative estimate of drug-likeness (QED) is 0.626. The van der Waals surface area contributed by atoms with Gasteiger partial charge < -0.3 is 0 Å². The number of likely N-dealkylation sites (tertiary alicyclic amines) is 1. The molecule has 0 radical (unpaired) electrons. The average Bonchev–Trinajstić information content (AvgIpc) is 3.10. The van der Waals surface area contributed by atoms with E-state index in [1.165, 1.54) is 49.0 Å². The molecular formula is C27H36FN3O2. The van der Waals surface area contributed by atoms with E-state index in [1.807, 2.05) is 6.92 Å². The smallest absolute Gasteiger partial charge is 0.296 e. The SMILES string of the molecule is C/C=C(/CN1CCCCCC1)c1c(C)cnc2c1CCN(O)C2=O.CCc1ccc(F)cc1. The van der Waals surface area contributed by atoms with Gasteiger partial charge in [0, 0.05) is 12.7 Å². The predicted molar refractivity (Wildman–Crippen MR) is 130 cm³/mol. The molecule has 2 aromatic rings. The van der Waals surface area contributed by atoms with E-state index in [1.54, 1.807) is 18.3 Å². The largest absolute Gasteiger partial charge is 0.299 e. The van der Waals surface area contributed by atoms with Crippen molar-refractivity contribution in [2.24, 2.45) is 0 Å². The Kier molecular flexibility index (Phi) is 9.15. The number of hydroxylamine groups is 2. The summed E-state index contributed by atoms with van der Waals surface area (Å²) < 4.78 is 12.2. The summed E-state index contributed by atoms with van der Waals surface area (Å²) in [6, 6.07) is 6.57. The number of hydrogen-bond donors (Lipinski definition) is 1. The summed E-state index contributed by atoms with van der Waals surface area (Å²) in [5.41, 5.74) is 6.11. The molecule has 5 nitrogen and oxygen atoms in total. The van der Waals surface area contributed by atoms with Gasteiger partial charge in [-0.2, -0.15) is 0 Å². The maximum Gasteiger partial charge on any atom is 0.296 e. The first-order chi connectivity index (χ1) is 15.9. The lowest BCUT2D eigenvalue weighted by molar-refractivity contribution is -0.0607. The normalized spacial score (nSPS) is 17.2. The molecule has 1 fully saturated rings. The van der Waals surface area contributed by atoms with E-state index in [4.69, 9.17) is 0 Å². The summed E-state index contributed by atoms with van der Waals surface area (Å²) >= 11 is 0. The molecule has 178 valence electrons. The van der Waals surface area contributed by atoms with Crippen LogP contribution < -0.4 is 0 Å². The second kappa shape index (κ2) is 12.1. The van der Waals surface area contributed by atoms with Crippen molar-refractivity contribution < 1.29 is 14.4 Å². The molecule has 0 bridgehead atoms. The van der Waals surface area contributed by atoms with E-state index in [2.05, 4.69) is 29.8 Å². The molecule has 0 saturated carbocycles. The lowest BCUT2D eigenvalue weighted by Crippen LogP contribution is -2.36. The standard InChI is InChI=1S/C19H27N3O2.C8H9F/c1-3-15(13-21-9-6-4-5-7-10-21)17-14(2)12-20-18-16(17)8-11-22(24)19(18)23;1-2-7-3-5-8(9)6-4-7/h3,12,24H,4-11,13H2,1-2H3;3-6H,2H2,1H3/b15-3-;. The number of aromatic nitrogens is 1. The first-order valence-corrected chi connectivity index (χ1v) is 12.1. The first-order valence-electron chi connectivity index (χ1n) is 12.1. The van der Waals surface area contributed by atoms with Crippen LogP contribution in [-0.4, -0.2) is 52.2 Å². The fraction of sp³-hybridized carbons (Fsp3) is 0.481. The lowest BCUT2D eigenvalue weighted by Gasteiger charge is -2.28. The van der Waals surface area contributed by atoms with Crippen molar-refractivity contribution in [1.82, 2.24) is 14.9 Å². The van der Waals surface area contributed by atoms with Crippen LogP contribution in [0.4, 0.5) is 4.39 Å². The molecule has 3 heterocycles. The van der Waals surface area contributed by atoms with Crippen LogP contribution in [0.2, 0.25) is 0 Å². The maximum atomic E-state index is 12.2. The van der Waals surface area contributed by atoms with Crippen molar-refractivity contribution in [2.75, 3.05) is 26.2 Å². The fourth-order valence-corrected chi connectivity index (χ4v) is 4.55. The van der Waals surface area contributed by atoms with Gasteiger partial charge in [-0.3, -0.25) is 19.9 Å². The average molecular weight is 454 g/mol. The summed E-state index contributed by atoms with van der Waals surface area (Å²) in [5, 5.41) is 10.5. The molecule has 1 saturated heterocycles. The Hall–Kier alpha value is -2.57. The molecule has 0 atom stereocenters.